The molecule has 0 heterocycles. The maximum atomic E-state index is 13.3. The van der Waals surface area contributed by atoms with Crippen LogP contribution in [-0.4, -0.2) is 19.2 Å². The van der Waals surface area contributed by atoms with E-state index < -0.39 is 5.41 Å². The first-order valence-electron chi connectivity index (χ1n) is 19.5. The summed E-state index contributed by atoms with van der Waals surface area (Å²) >= 11 is 0. The van der Waals surface area contributed by atoms with Crippen LogP contribution in [0, 0.1) is 0 Å². The van der Waals surface area contributed by atoms with Gasteiger partial charge in [0, 0.05) is 0 Å². The molecule has 0 unspecified atom stereocenters. The van der Waals surface area contributed by atoms with Crippen molar-refractivity contribution in [2.24, 2.45) is 0 Å². The normalized spacial score (nSPS) is 13.3. The third-order valence-electron chi connectivity index (χ3n) is 11.0. The van der Waals surface area contributed by atoms with Crippen molar-refractivity contribution in [2.75, 3.05) is 13.2 Å². The zero-order chi connectivity index (χ0) is 39.0. The summed E-state index contributed by atoms with van der Waals surface area (Å²) in [6.45, 7) is 18.5. The molecule has 4 heteroatoms. The van der Waals surface area contributed by atoms with Crippen LogP contribution in [0.25, 0.3) is 33.4 Å². The molecule has 0 saturated heterocycles. The second kappa shape index (κ2) is 15.1. The Kier molecular flexibility index (Phi) is 10.4. The predicted molar refractivity (Wildman–Crippen MR) is 224 cm³/mol. The molecule has 7 rings (SSSR count). The SMILES string of the molecule is CCOOCc1ccccc1-c1ccc2c(c1)C(c1ccc(C(C)(C)C)cc1)(c1ccc(C(C)(C)C)cc1)c1cc(-c3ccccc3C(=O)OCC)ccc1-2. The summed E-state index contributed by atoms with van der Waals surface area (Å²) in [6, 6.07) is 48.2. The maximum absolute atomic E-state index is 13.3. The number of carbonyl (C=O) groups is 1. The molecule has 1 aliphatic rings. The molecule has 0 radical (unpaired) electrons. The molecule has 0 aliphatic heterocycles. The Morgan fingerprint density at radius 2 is 1.02 bits per heavy atom. The second-order valence-corrected chi connectivity index (χ2v) is 16.5. The molecule has 0 fully saturated rings. The summed E-state index contributed by atoms with van der Waals surface area (Å²) in [7, 11) is 0. The van der Waals surface area contributed by atoms with Crippen LogP contribution in [0.2, 0.25) is 0 Å². The number of hydrogen-bond acceptors (Lipinski definition) is 4. The maximum Gasteiger partial charge on any atom is 0.338 e. The predicted octanol–water partition coefficient (Wildman–Crippen LogP) is 12.6. The van der Waals surface area contributed by atoms with E-state index in [4.69, 9.17) is 14.5 Å². The molecular weight excluding hydrogens is 677 g/mol. The van der Waals surface area contributed by atoms with Crippen LogP contribution in [0.1, 0.15) is 105 Å². The van der Waals surface area contributed by atoms with Gasteiger partial charge in [0.25, 0.3) is 0 Å². The minimum Gasteiger partial charge on any atom is -0.462 e. The van der Waals surface area contributed by atoms with Gasteiger partial charge < -0.3 is 4.74 Å². The van der Waals surface area contributed by atoms with E-state index in [1.807, 2.05) is 44.2 Å². The van der Waals surface area contributed by atoms with Crippen LogP contribution < -0.4 is 0 Å². The topological polar surface area (TPSA) is 44.8 Å². The molecule has 1 aliphatic carbocycles. The average molecular weight is 729 g/mol. The lowest BCUT2D eigenvalue weighted by atomic mass is 9.66. The largest absolute Gasteiger partial charge is 0.462 e. The molecule has 0 N–H and O–H groups in total. The quantitative estimate of drug-likeness (QED) is 0.0609. The Morgan fingerprint density at radius 1 is 0.527 bits per heavy atom. The van der Waals surface area contributed by atoms with E-state index >= 15 is 0 Å². The first-order chi connectivity index (χ1) is 26.4. The van der Waals surface area contributed by atoms with Gasteiger partial charge in [0.05, 0.1) is 24.2 Å². The summed E-state index contributed by atoms with van der Waals surface area (Å²) in [5.41, 5.74) is 14.6. The lowest BCUT2D eigenvalue weighted by molar-refractivity contribution is -0.300. The van der Waals surface area contributed by atoms with Crippen LogP contribution in [-0.2, 0) is 37.4 Å². The number of benzene rings is 6. The molecule has 0 atom stereocenters. The highest BCUT2D eigenvalue weighted by Crippen LogP contribution is 2.58. The monoisotopic (exact) mass is 728 g/mol. The number of carbonyl (C=O) groups excluding carboxylic acids is 1. The van der Waals surface area contributed by atoms with Crippen molar-refractivity contribution in [1.29, 1.82) is 0 Å². The Labute approximate surface area is 327 Å². The Morgan fingerprint density at radius 3 is 1.53 bits per heavy atom. The van der Waals surface area contributed by atoms with Gasteiger partial charge in [-0.05, 0) is 115 Å². The molecule has 0 saturated carbocycles. The van der Waals surface area contributed by atoms with Crippen LogP contribution in [0.3, 0.4) is 0 Å². The number of ether oxygens (including phenoxy) is 1. The summed E-state index contributed by atoms with van der Waals surface area (Å²) in [5.74, 6) is -0.319. The van der Waals surface area contributed by atoms with Gasteiger partial charge >= 0.3 is 5.97 Å². The van der Waals surface area contributed by atoms with Crippen molar-refractivity contribution in [1.82, 2.24) is 0 Å². The number of hydrogen-bond donors (Lipinski definition) is 0. The van der Waals surface area contributed by atoms with E-state index in [2.05, 4.69) is 145 Å². The van der Waals surface area contributed by atoms with Crippen LogP contribution in [0.5, 0.6) is 0 Å². The Bertz CT molecular complexity index is 2260. The van der Waals surface area contributed by atoms with Gasteiger partial charge in [0.1, 0.15) is 6.61 Å². The van der Waals surface area contributed by atoms with E-state index in [1.165, 1.54) is 44.5 Å². The zero-order valence-corrected chi connectivity index (χ0v) is 33.5. The van der Waals surface area contributed by atoms with Gasteiger partial charge in [0.2, 0.25) is 0 Å². The minimum absolute atomic E-state index is 0.00401. The van der Waals surface area contributed by atoms with E-state index in [-0.39, 0.29) is 16.8 Å². The lowest BCUT2D eigenvalue weighted by Crippen LogP contribution is -2.29. The van der Waals surface area contributed by atoms with E-state index in [9.17, 15) is 4.79 Å². The standard InChI is InChI=1S/C51H52O4/c1-9-53-48(52)45-18-14-13-17-42(45)35-20-30-44-43-29-19-34(41-16-12-11-15-36(41)33-55-54-10-2)31-46(43)51(47(44)32-35,39-25-21-37(22-26-39)49(3,4)5)40-27-23-38(24-28-40)50(6,7)8/h11-32H,9-10,33H2,1-8H3. The molecule has 0 aromatic heterocycles. The van der Waals surface area contributed by atoms with Crippen molar-refractivity contribution in [3.8, 4) is 33.4 Å². The smallest absolute Gasteiger partial charge is 0.338 e. The highest BCUT2D eigenvalue weighted by atomic mass is 17.2. The molecular formula is C51H52O4. The van der Waals surface area contributed by atoms with E-state index in [0.717, 1.165) is 27.8 Å². The summed E-state index contributed by atoms with van der Waals surface area (Å²) in [4.78, 5) is 24.2. The number of esters is 1. The van der Waals surface area contributed by atoms with Crippen molar-refractivity contribution >= 4 is 5.97 Å². The molecule has 6 aromatic carbocycles. The summed E-state index contributed by atoms with van der Waals surface area (Å²) in [5, 5.41) is 0. The van der Waals surface area contributed by atoms with E-state index in [0.29, 0.717) is 25.4 Å². The highest BCUT2D eigenvalue weighted by molar-refractivity contribution is 5.98. The van der Waals surface area contributed by atoms with Gasteiger partial charge in [-0.25, -0.2) is 14.6 Å². The zero-order valence-electron chi connectivity index (χ0n) is 33.5. The number of rotatable bonds is 10. The molecule has 55 heavy (non-hydrogen) atoms. The fourth-order valence-electron chi connectivity index (χ4n) is 8.13. The van der Waals surface area contributed by atoms with Crippen LogP contribution in [0.4, 0.5) is 0 Å². The number of fused-ring (bicyclic) bond motifs is 3. The third-order valence-corrected chi connectivity index (χ3v) is 11.0. The van der Waals surface area contributed by atoms with Gasteiger partial charge in [0.15, 0.2) is 0 Å². The van der Waals surface area contributed by atoms with Gasteiger partial charge in [-0.1, -0.05) is 157 Å². The first-order valence-corrected chi connectivity index (χ1v) is 19.5. The van der Waals surface area contributed by atoms with Crippen molar-refractivity contribution in [2.45, 2.75) is 78.2 Å². The van der Waals surface area contributed by atoms with Crippen molar-refractivity contribution < 1.29 is 19.3 Å². The van der Waals surface area contributed by atoms with Gasteiger partial charge in [-0.2, -0.15) is 0 Å². The highest BCUT2D eigenvalue weighted by Gasteiger charge is 2.47. The van der Waals surface area contributed by atoms with Gasteiger partial charge in [-0.15, -0.1) is 0 Å². The van der Waals surface area contributed by atoms with Gasteiger partial charge in [-0.3, -0.25) is 0 Å². The summed E-state index contributed by atoms with van der Waals surface area (Å²) < 4.78 is 5.53. The first kappa shape index (κ1) is 38.0. The Balaban J connectivity index is 1.55. The molecule has 280 valence electrons. The van der Waals surface area contributed by atoms with E-state index in [1.54, 1.807) is 0 Å². The molecule has 0 spiro atoms. The van der Waals surface area contributed by atoms with Crippen LogP contribution in [0.15, 0.2) is 133 Å². The molecule has 6 aromatic rings. The molecule has 4 nitrogen and oxygen atoms in total. The average Bonchev–Trinajstić information content (AvgIpc) is 3.47. The van der Waals surface area contributed by atoms with Crippen molar-refractivity contribution in [3.63, 3.8) is 0 Å². The second-order valence-electron chi connectivity index (χ2n) is 16.5. The summed E-state index contributed by atoms with van der Waals surface area (Å²) in [6.07, 6.45) is 0. The minimum atomic E-state index is -0.681. The molecule has 0 bridgehead atoms. The fraction of sp³-hybridized carbons (Fsp3) is 0.275. The van der Waals surface area contributed by atoms with Crippen LogP contribution >= 0.6 is 0 Å². The van der Waals surface area contributed by atoms with Crippen molar-refractivity contribution in [3.05, 3.63) is 178 Å². The fourth-order valence-corrected chi connectivity index (χ4v) is 8.13. The lowest BCUT2D eigenvalue weighted by Gasteiger charge is -2.35. The third kappa shape index (κ3) is 7.06. The Hall–Kier alpha value is -5.29. The molecule has 0 amide bonds.